The van der Waals surface area contributed by atoms with Gasteiger partial charge in [-0.2, -0.15) is 0 Å². The van der Waals surface area contributed by atoms with Crippen molar-refractivity contribution in [3.63, 3.8) is 0 Å². The van der Waals surface area contributed by atoms with Crippen LogP contribution in [-0.4, -0.2) is 57.5 Å². The van der Waals surface area contributed by atoms with Crippen LogP contribution in [0.4, 0.5) is 10.5 Å². The number of anilines is 1. The maximum absolute atomic E-state index is 12.0. The van der Waals surface area contributed by atoms with Gasteiger partial charge in [-0.15, -0.1) is 0 Å². The molecule has 0 heterocycles. The number of amides is 1. The van der Waals surface area contributed by atoms with E-state index in [9.17, 15) is 9.59 Å². The molecule has 0 aliphatic carbocycles. The number of nitrogens with one attached hydrogen (secondary N) is 3. The molecule has 1 aromatic carbocycles. The highest BCUT2D eigenvalue weighted by atomic mass is 16.6. The van der Waals surface area contributed by atoms with Crippen LogP contribution in [0, 0.1) is 11.8 Å². The largest absolute Gasteiger partial charge is 0.465 e. The number of hydrogen-bond acceptors (Lipinski definition) is 7. The van der Waals surface area contributed by atoms with Gasteiger partial charge in [-0.1, -0.05) is 11.8 Å². The summed E-state index contributed by atoms with van der Waals surface area (Å²) in [5.74, 6) is 5.28. The standard InChI is InChI=1S/C21H32N4O4/c1-21(2,3)29-20(27)25-12-5-7-16-15-17(8-9-18(16)19(26)28-4)24-14-13-23-11-6-10-22/h8-9,15,23-24H,6,10-14,22H2,1-4H3,(H,25,27). The van der Waals surface area contributed by atoms with E-state index in [1.807, 2.05) is 0 Å². The Balaban J connectivity index is 2.72. The molecule has 0 atom stereocenters. The molecule has 8 heteroatoms. The average molecular weight is 405 g/mol. The summed E-state index contributed by atoms with van der Waals surface area (Å²) >= 11 is 0. The van der Waals surface area contributed by atoms with Crippen molar-refractivity contribution in [2.45, 2.75) is 32.8 Å². The van der Waals surface area contributed by atoms with E-state index >= 15 is 0 Å². The van der Waals surface area contributed by atoms with Crippen molar-refractivity contribution in [1.82, 2.24) is 10.6 Å². The minimum Gasteiger partial charge on any atom is -0.465 e. The SMILES string of the molecule is COC(=O)c1ccc(NCCNCCCN)cc1C#CCNC(=O)OC(C)(C)C. The molecule has 29 heavy (non-hydrogen) atoms. The van der Waals surface area contributed by atoms with Crippen LogP contribution in [-0.2, 0) is 9.47 Å². The predicted molar refractivity (Wildman–Crippen MR) is 114 cm³/mol. The van der Waals surface area contributed by atoms with Gasteiger partial charge in [-0.25, -0.2) is 9.59 Å². The third-order valence-corrected chi connectivity index (χ3v) is 3.56. The molecule has 1 aromatic rings. The molecule has 0 unspecified atom stereocenters. The summed E-state index contributed by atoms with van der Waals surface area (Å²) in [4.78, 5) is 23.6. The minimum atomic E-state index is -0.575. The molecule has 0 aromatic heterocycles. The Labute approximate surface area is 172 Å². The van der Waals surface area contributed by atoms with Gasteiger partial charge in [0, 0.05) is 24.3 Å². The molecule has 0 aliphatic heterocycles. The molecular weight excluding hydrogens is 372 g/mol. The molecule has 1 amide bonds. The lowest BCUT2D eigenvalue weighted by Crippen LogP contribution is -2.32. The van der Waals surface area contributed by atoms with Gasteiger partial charge in [-0.3, -0.25) is 0 Å². The Morgan fingerprint density at radius 3 is 2.59 bits per heavy atom. The number of rotatable bonds is 9. The molecule has 0 radical (unpaired) electrons. The highest BCUT2D eigenvalue weighted by Crippen LogP contribution is 2.16. The Morgan fingerprint density at radius 2 is 1.93 bits per heavy atom. The van der Waals surface area contributed by atoms with Crippen LogP contribution in [0.25, 0.3) is 0 Å². The van der Waals surface area contributed by atoms with Gasteiger partial charge in [0.15, 0.2) is 0 Å². The van der Waals surface area contributed by atoms with E-state index < -0.39 is 17.7 Å². The van der Waals surface area contributed by atoms with E-state index in [0.717, 1.165) is 31.7 Å². The van der Waals surface area contributed by atoms with Crippen LogP contribution in [0.5, 0.6) is 0 Å². The highest BCUT2D eigenvalue weighted by Gasteiger charge is 2.15. The first-order chi connectivity index (χ1) is 13.8. The van der Waals surface area contributed by atoms with E-state index in [4.69, 9.17) is 15.2 Å². The van der Waals surface area contributed by atoms with Gasteiger partial charge >= 0.3 is 12.1 Å². The molecule has 0 saturated heterocycles. The first-order valence-electron chi connectivity index (χ1n) is 9.59. The Bertz CT molecular complexity index is 732. The number of ether oxygens (including phenoxy) is 2. The quantitative estimate of drug-likeness (QED) is 0.281. The molecule has 160 valence electrons. The summed E-state index contributed by atoms with van der Waals surface area (Å²) in [6, 6.07) is 5.25. The zero-order valence-corrected chi connectivity index (χ0v) is 17.7. The number of benzene rings is 1. The number of alkyl carbamates (subject to hydrolysis) is 1. The van der Waals surface area contributed by atoms with Crippen molar-refractivity contribution < 1.29 is 19.1 Å². The van der Waals surface area contributed by atoms with Gasteiger partial charge in [-0.05, 0) is 58.5 Å². The first-order valence-corrected chi connectivity index (χ1v) is 9.59. The van der Waals surface area contributed by atoms with Gasteiger partial charge in [0.1, 0.15) is 5.60 Å². The zero-order chi connectivity index (χ0) is 21.7. The Hall–Kier alpha value is -2.76. The molecular formula is C21H32N4O4. The van der Waals surface area contributed by atoms with E-state index in [-0.39, 0.29) is 6.54 Å². The zero-order valence-electron chi connectivity index (χ0n) is 17.7. The second kappa shape index (κ2) is 12.6. The molecule has 8 nitrogen and oxygen atoms in total. The van der Waals surface area contributed by atoms with Crippen molar-refractivity contribution in [3.8, 4) is 11.8 Å². The van der Waals surface area contributed by atoms with Crippen LogP contribution in [0.1, 0.15) is 43.1 Å². The van der Waals surface area contributed by atoms with Crippen LogP contribution >= 0.6 is 0 Å². The summed E-state index contributed by atoms with van der Waals surface area (Å²) in [7, 11) is 1.32. The molecule has 0 aliphatic rings. The van der Waals surface area contributed by atoms with Crippen molar-refractivity contribution >= 4 is 17.7 Å². The third-order valence-electron chi connectivity index (χ3n) is 3.56. The van der Waals surface area contributed by atoms with Crippen molar-refractivity contribution in [2.75, 3.05) is 45.2 Å². The number of methoxy groups -OCH3 is 1. The second-order valence-corrected chi connectivity index (χ2v) is 7.23. The summed E-state index contributed by atoms with van der Waals surface area (Å²) in [5.41, 5.74) is 6.60. The predicted octanol–water partition coefficient (Wildman–Crippen LogP) is 1.70. The monoisotopic (exact) mass is 404 g/mol. The van der Waals surface area contributed by atoms with Crippen molar-refractivity contribution in [3.05, 3.63) is 29.3 Å². The van der Waals surface area contributed by atoms with Gasteiger partial charge < -0.3 is 31.2 Å². The molecule has 0 fully saturated rings. The van der Waals surface area contributed by atoms with Crippen molar-refractivity contribution in [1.29, 1.82) is 0 Å². The topological polar surface area (TPSA) is 115 Å². The molecule has 0 spiro atoms. The molecule has 5 N–H and O–H groups in total. The fraction of sp³-hybridized carbons (Fsp3) is 0.524. The fourth-order valence-corrected chi connectivity index (χ4v) is 2.26. The van der Waals surface area contributed by atoms with Crippen LogP contribution in [0.15, 0.2) is 18.2 Å². The van der Waals surface area contributed by atoms with Crippen LogP contribution < -0.4 is 21.7 Å². The normalized spacial score (nSPS) is 10.5. The number of esters is 1. The van der Waals surface area contributed by atoms with E-state index in [1.54, 1.807) is 39.0 Å². The summed E-state index contributed by atoms with van der Waals surface area (Å²) in [6.45, 7) is 8.50. The lowest BCUT2D eigenvalue weighted by atomic mass is 10.1. The van der Waals surface area contributed by atoms with Gasteiger partial charge in [0.2, 0.25) is 0 Å². The lowest BCUT2D eigenvalue weighted by molar-refractivity contribution is 0.0533. The highest BCUT2D eigenvalue weighted by molar-refractivity contribution is 5.93. The van der Waals surface area contributed by atoms with E-state index in [1.165, 1.54) is 7.11 Å². The Kier molecular flexibility index (Phi) is 10.6. The van der Waals surface area contributed by atoms with E-state index in [0.29, 0.717) is 17.7 Å². The van der Waals surface area contributed by atoms with Gasteiger partial charge in [0.05, 0.1) is 19.2 Å². The number of nitrogens with two attached hydrogens (primary N) is 1. The summed E-state index contributed by atoms with van der Waals surface area (Å²) in [5, 5.41) is 9.12. The second-order valence-electron chi connectivity index (χ2n) is 7.23. The summed E-state index contributed by atoms with van der Waals surface area (Å²) < 4.78 is 9.97. The van der Waals surface area contributed by atoms with E-state index in [2.05, 4.69) is 27.8 Å². The molecule has 0 saturated carbocycles. The van der Waals surface area contributed by atoms with Crippen molar-refractivity contribution in [2.24, 2.45) is 5.73 Å². The smallest absolute Gasteiger partial charge is 0.408 e. The maximum Gasteiger partial charge on any atom is 0.408 e. The average Bonchev–Trinajstić information content (AvgIpc) is 2.66. The first kappa shape index (κ1) is 24.3. The Morgan fingerprint density at radius 1 is 1.17 bits per heavy atom. The molecule has 1 rings (SSSR count). The number of carbonyl (C=O) groups excluding carboxylic acids is 2. The fourth-order valence-electron chi connectivity index (χ4n) is 2.26. The molecule has 0 bridgehead atoms. The van der Waals surface area contributed by atoms with Crippen LogP contribution in [0.3, 0.4) is 0 Å². The third kappa shape index (κ3) is 10.4. The summed E-state index contributed by atoms with van der Waals surface area (Å²) in [6.07, 6.45) is 0.391. The maximum atomic E-state index is 12.0. The number of hydrogen-bond donors (Lipinski definition) is 4. The lowest BCUT2D eigenvalue weighted by Gasteiger charge is -2.19. The van der Waals surface area contributed by atoms with Gasteiger partial charge in [0.25, 0.3) is 0 Å². The van der Waals surface area contributed by atoms with Crippen LogP contribution in [0.2, 0.25) is 0 Å². The minimum absolute atomic E-state index is 0.0955. The number of carbonyl (C=O) groups is 2.